The minimum atomic E-state index is -0.216. The molecule has 0 fully saturated rings. The van der Waals surface area contributed by atoms with E-state index in [1.165, 1.54) is 31.4 Å². The lowest BCUT2D eigenvalue weighted by molar-refractivity contribution is 0.587. The molecule has 3 aromatic carbocycles. The van der Waals surface area contributed by atoms with Crippen molar-refractivity contribution >= 4 is 0 Å². The third kappa shape index (κ3) is 7.62. The van der Waals surface area contributed by atoms with Gasteiger partial charge in [0.25, 0.3) is 0 Å². The Morgan fingerprint density at radius 1 is 0.545 bits per heavy atom. The van der Waals surface area contributed by atoms with Gasteiger partial charge in [-0.1, -0.05) is 75.3 Å². The van der Waals surface area contributed by atoms with Crippen molar-refractivity contribution in [3.05, 3.63) is 106 Å². The van der Waals surface area contributed by atoms with Gasteiger partial charge in [-0.15, -0.1) is 0 Å². The van der Waals surface area contributed by atoms with Crippen LogP contribution in [0.4, 0.5) is 8.78 Å². The second-order valence-corrected chi connectivity index (χ2v) is 8.21. The molecular formula is C31H30F2. The minimum Gasteiger partial charge on any atom is -0.207 e. The fourth-order valence-electron chi connectivity index (χ4n) is 3.58. The first kappa shape index (κ1) is 24.3. The van der Waals surface area contributed by atoms with Crippen LogP contribution in [0, 0.1) is 35.3 Å². The van der Waals surface area contributed by atoms with Crippen molar-refractivity contribution < 1.29 is 8.78 Å². The highest BCUT2D eigenvalue weighted by molar-refractivity contribution is 5.48. The minimum absolute atomic E-state index is 0.175. The summed E-state index contributed by atoms with van der Waals surface area (Å²) in [5.74, 6) is 11.8. The van der Waals surface area contributed by atoms with Gasteiger partial charge in [0.2, 0.25) is 0 Å². The number of unbranched alkanes of at least 4 members (excludes halogenated alkanes) is 4. The third-order valence-electron chi connectivity index (χ3n) is 5.62. The predicted molar refractivity (Wildman–Crippen MR) is 133 cm³/mol. The van der Waals surface area contributed by atoms with Gasteiger partial charge in [-0.3, -0.25) is 0 Å². The smallest absolute Gasteiger partial charge is 0.127 e. The van der Waals surface area contributed by atoms with Crippen LogP contribution in [-0.2, 0) is 12.8 Å². The van der Waals surface area contributed by atoms with Crippen molar-refractivity contribution in [3.63, 3.8) is 0 Å². The Hall–Kier alpha value is -3.36. The second-order valence-electron chi connectivity index (χ2n) is 8.21. The van der Waals surface area contributed by atoms with Crippen molar-refractivity contribution in [1.82, 2.24) is 0 Å². The maximum absolute atomic E-state index is 14.4. The molecule has 0 radical (unpaired) electrons. The van der Waals surface area contributed by atoms with Crippen LogP contribution in [0.3, 0.4) is 0 Å². The van der Waals surface area contributed by atoms with E-state index in [2.05, 4.69) is 30.6 Å². The van der Waals surface area contributed by atoms with Crippen molar-refractivity contribution in [2.24, 2.45) is 0 Å². The zero-order valence-corrected chi connectivity index (χ0v) is 19.5. The van der Waals surface area contributed by atoms with Crippen LogP contribution >= 0.6 is 0 Å². The molecule has 0 aromatic heterocycles. The van der Waals surface area contributed by atoms with E-state index >= 15 is 0 Å². The Morgan fingerprint density at radius 2 is 1.00 bits per heavy atom. The molecule has 0 amide bonds. The van der Waals surface area contributed by atoms with Gasteiger partial charge in [-0.05, 0) is 78.9 Å². The third-order valence-corrected chi connectivity index (χ3v) is 5.62. The molecule has 0 unspecified atom stereocenters. The van der Waals surface area contributed by atoms with Gasteiger partial charge < -0.3 is 0 Å². The lowest BCUT2D eigenvalue weighted by Gasteiger charge is -2.04. The number of aryl methyl sites for hydroxylation is 2. The lowest BCUT2D eigenvalue weighted by Crippen LogP contribution is -1.92. The second kappa shape index (κ2) is 12.6. The Kier molecular flexibility index (Phi) is 9.29. The number of rotatable bonds is 7. The average molecular weight is 441 g/mol. The molecule has 0 saturated carbocycles. The van der Waals surface area contributed by atoms with Gasteiger partial charge in [0.05, 0.1) is 0 Å². The molecule has 3 aromatic rings. The van der Waals surface area contributed by atoms with E-state index in [4.69, 9.17) is 0 Å². The number of hydrogen-bond acceptors (Lipinski definition) is 0. The zero-order valence-electron chi connectivity index (χ0n) is 19.5. The summed E-state index contributed by atoms with van der Waals surface area (Å²) in [6.07, 6.45) is 7.30. The summed E-state index contributed by atoms with van der Waals surface area (Å²) in [4.78, 5) is 0. The van der Waals surface area contributed by atoms with Crippen LogP contribution in [0.2, 0.25) is 0 Å². The Morgan fingerprint density at radius 3 is 1.48 bits per heavy atom. The highest BCUT2D eigenvalue weighted by atomic mass is 19.1. The first-order chi connectivity index (χ1) is 16.1. The molecule has 0 aliphatic heterocycles. The summed E-state index contributed by atoms with van der Waals surface area (Å²) in [6.45, 7) is 4.12. The molecule has 168 valence electrons. The van der Waals surface area contributed by atoms with E-state index in [0.29, 0.717) is 23.1 Å². The van der Waals surface area contributed by atoms with Gasteiger partial charge in [0.1, 0.15) is 11.6 Å². The van der Waals surface area contributed by atoms with Gasteiger partial charge in [-0.25, -0.2) is 8.78 Å². The van der Waals surface area contributed by atoms with Crippen molar-refractivity contribution in [3.8, 4) is 23.7 Å². The van der Waals surface area contributed by atoms with Crippen LogP contribution in [-0.4, -0.2) is 0 Å². The molecule has 0 aliphatic rings. The van der Waals surface area contributed by atoms with Gasteiger partial charge >= 0.3 is 0 Å². The lowest BCUT2D eigenvalue weighted by atomic mass is 10.0. The molecule has 0 atom stereocenters. The van der Waals surface area contributed by atoms with E-state index in [-0.39, 0.29) is 11.6 Å². The van der Waals surface area contributed by atoms with Crippen LogP contribution in [0.15, 0.2) is 60.7 Å². The molecule has 0 N–H and O–H groups in total. The highest BCUT2D eigenvalue weighted by Gasteiger charge is 2.03. The number of halogens is 2. The first-order valence-electron chi connectivity index (χ1n) is 11.8. The monoisotopic (exact) mass is 440 g/mol. The molecule has 0 nitrogen and oxygen atoms in total. The van der Waals surface area contributed by atoms with E-state index in [9.17, 15) is 8.78 Å². The predicted octanol–water partition coefficient (Wildman–Crippen LogP) is 7.84. The summed E-state index contributed by atoms with van der Waals surface area (Å²) in [5.41, 5.74) is 4.45. The molecule has 0 heterocycles. The normalized spacial score (nSPS) is 10.2. The standard InChI is InChI=1S/C31H30F2/c1-3-5-6-7-8-9-29-21-19-27(23-31(29)33)17-15-25-12-10-24(11-13-25)14-16-26-18-20-28(4-2)30(32)22-26/h10-13,18-23H,3-9H2,1-2H3. The van der Waals surface area contributed by atoms with Gasteiger partial charge in [0, 0.05) is 22.3 Å². The van der Waals surface area contributed by atoms with Gasteiger partial charge in [0.15, 0.2) is 0 Å². The Bertz CT molecular complexity index is 1180. The summed E-state index contributed by atoms with van der Waals surface area (Å²) in [5, 5.41) is 0. The van der Waals surface area contributed by atoms with Crippen molar-refractivity contribution in [1.29, 1.82) is 0 Å². The molecule has 2 heteroatoms. The zero-order chi connectivity index (χ0) is 23.5. The maximum atomic E-state index is 14.4. The van der Waals surface area contributed by atoms with E-state index in [1.807, 2.05) is 49.4 Å². The van der Waals surface area contributed by atoms with Crippen LogP contribution in [0.5, 0.6) is 0 Å². The van der Waals surface area contributed by atoms with Crippen molar-refractivity contribution in [2.75, 3.05) is 0 Å². The Balaban J connectivity index is 1.60. The van der Waals surface area contributed by atoms with E-state index in [1.54, 1.807) is 6.07 Å². The Labute approximate surface area is 197 Å². The fourth-order valence-corrected chi connectivity index (χ4v) is 3.58. The van der Waals surface area contributed by atoms with E-state index in [0.717, 1.165) is 36.0 Å². The summed E-state index contributed by atoms with van der Waals surface area (Å²) in [6, 6.07) is 17.9. The molecular weight excluding hydrogens is 410 g/mol. The molecule has 3 rings (SSSR count). The average Bonchev–Trinajstić information content (AvgIpc) is 2.83. The molecule has 0 saturated heterocycles. The SMILES string of the molecule is CCCCCCCc1ccc(C#Cc2ccc(C#Cc3ccc(CC)c(F)c3)cc2)cc1F. The summed E-state index contributed by atoms with van der Waals surface area (Å²) >= 11 is 0. The first-order valence-corrected chi connectivity index (χ1v) is 11.8. The maximum Gasteiger partial charge on any atom is 0.127 e. The summed E-state index contributed by atoms with van der Waals surface area (Å²) in [7, 11) is 0. The van der Waals surface area contributed by atoms with E-state index < -0.39 is 0 Å². The molecule has 0 aliphatic carbocycles. The number of hydrogen-bond donors (Lipinski definition) is 0. The topological polar surface area (TPSA) is 0 Å². The molecule has 33 heavy (non-hydrogen) atoms. The van der Waals surface area contributed by atoms with Crippen LogP contribution in [0.25, 0.3) is 0 Å². The van der Waals surface area contributed by atoms with Crippen molar-refractivity contribution in [2.45, 2.75) is 58.8 Å². The summed E-state index contributed by atoms with van der Waals surface area (Å²) < 4.78 is 28.3. The molecule has 0 bridgehead atoms. The van der Waals surface area contributed by atoms with Crippen LogP contribution in [0.1, 0.15) is 79.3 Å². The number of benzene rings is 3. The molecule has 0 spiro atoms. The highest BCUT2D eigenvalue weighted by Crippen LogP contribution is 2.15. The van der Waals surface area contributed by atoms with Crippen LogP contribution < -0.4 is 0 Å². The quantitative estimate of drug-likeness (QED) is 0.259. The largest absolute Gasteiger partial charge is 0.207 e. The van der Waals surface area contributed by atoms with Gasteiger partial charge in [-0.2, -0.15) is 0 Å². The fraction of sp³-hybridized carbons (Fsp3) is 0.290.